The van der Waals surface area contributed by atoms with E-state index in [1.54, 1.807) is 18.3 Å². The lowest BCUT2D eigenvalue weighted by Crippen LogP contribution is -2.42. The zero-order valence-corrected chi connectivity index (χ0v) is 12.6. The minimum Gasteiger partial charge on any atom is -0.743 e. The zero-order chi connectivity index (χ0) is 14.8. The van der Waals surface area contributed by atoms with Crippen LogP contribution in [0.2, 0.25) is 0 Å². The van der Waals surface area contributed by atoms with Crippen LogP contribution >= 0.6 is 22.6 Å². The van der Waals surface area contributed by atoms with Crippen LogP contribution in [0.25, 0.3) is 0 Å². The van der Waals surface area contributed by atoms with Crippen molar-refractivity contribution in [2.45, 2.75) is 12.2 Å². The Labute approximate surface area is 122 Å². The molecule has 1 aromatic carbocycles. The van der Waals surface area contributed by atoms with E-state index in [2.05, 4.69) is 0 Å². The minimum absolute atomic E-state index is 0.108. The summed E-state index contributed by atoms with van der Waals surface area (Å²) in [6.45, 7) is 0.179. The number of carbonyl (C=O) groups excluding carboxylic acids is 1. The van der Waals surface area contributed by atoms with Crippen molar-refractivity contribution in [2.75, 3.05) is 6.54 Å². The van der Waals surface area contributed by atoms with Gasteiger partial charge in [0.15, 0.2) is 10.1 Å². The molecular weight excluding hydrogens is 395 g/mol. The molecule has 5 nitrogen and oxygen atoms in total. The smallest absolute Gasteiger partial charge is 0.351 e. The first-order valence-corrected chi connectivity index (χ1v) is 7.41. The number of aryl methyl sites for hydroxylation is 1. The SMILES string of the molecule is Cc1cc(C(=O)NCC(F)(F)S(=O)(=O)[O-])ccc1I. The predicted molar refractivity (Wildman–Crippen MR) is 70.9 cm³/mol. The van der Waals surface area contributed by atoms with E-state index in [0.717, 1.165) is 9.13 Å². The Bertz CT molecular complexity index is 604. The Morgan fingerprint density at radius 1 is 1.47 bits per heavy atom. The van der Waals surface area contributed by atoms with Crippen molar-refractivity contribution in [3.05, 3.63) is 32.9 Å². The highest BCUT2D eigenvalue weighted by Gasteiger charge is 2.37. The quantitative estimate of drug-likeness (QED) is 0.609. The van der Waals surface area contributed by atoms with Crippen LogP contribution in [-0.4, -0.2) is 30.7 Å². The van der Waals surface area contributed by atoms with Crippen molar-refractivity contribution >= 4 is 38.6 Å². The summed E-state index contributed by atoms with van der Waals surface area (Å²) in [5, 5.41) is -2.80. The summed E-state index contributed by atoms with van der Waals surface area (Å²) >= 11 is 2.04. The highest BCUT2D eigenvalue weighted by atomic mass is 127. The van der Waals surface area contributed by atoms with Crippen molar-refractivity contribution < 1.29 is 26.5 Å². The van der Waals surface area contributed by atoms with Gasteiger partial charge >= 0.3 is 5.25 Å². The van der Waals surface area contributed by atoms with Crippen molar-refractivity contribution in [3.63, 3.8) is 0 Å². The molecule has 1 rings (SSSR count). The average molecular weight is 404 g/mol. The maximum Gasteiger partial charge on any atom is 0.351 e. The van der Waals surface area contributed by atoms with E-state index in [1.165, 1.54) is 12.1 Å². The number of carbonyl (C=O) groups is 1. The molecule has 0 aliphatic heterocycles. The lowest BCUT2D eigenvalue weighted by atomic mass is 10.1. The van der Waals surface area contributed by atoms with Gasteiger partial charge in [0.25, 0.3) is 5.91 Å². The Morgan fingerprint density at radius 3 is 2.53 bits per heavy atom. The highest BCUT2D eigenvalue weighted by molar-refractivity contribution is 14.1. The lowest BCUT2D eigenvalue weighted by molar-refractivity contribution is 0.0692. The van der Waals surface area contributed by atoms with Gasteiger partial charge in [-0.05, 0) is 53.3 Å². The fourth-order valence-electron chi connectivity index (χ4n) is 1.16. The van der Waals surface area contributed by atoms with Gasteiger partial charge in [0.2, 0.25) is 0 Å². The monoisotopic (exact) mass is 404 g/mol. The third-order valence-electron chi connectivity index (χ3n) is 2.24. The summed E-state index contributed by atoms with van der Waals surface area (Å²) in [6.07, 6.45) is 0. The van der Waals surface area contributed by atoms with E-state index in [-0.39, 0.29) is 5.56 Å². The summed E-state index contributed by atoms with van der Waals surface area (Å²) in [5.41, 5.74) is 0.883. The number of halogens is 3. The molecule has 0 saturated heterocycles. The number of alkyl halides is 2. The van der Waals surface area contributed by atoms with Crippen LogP contribution in [0.15, 0.2) is 18.2 Å². The molecule has 0 aliphatic carbocycles. The molecule has 1 N–H and O–H groups in total. The van der Waals surface area contributed by atoms with Gasteiger partial charge in [0.05, 0.1) is 6.54 Å². The fourth-order valence-corrected chi connectivity index (χ4v) is 1.74. The topological polar surface area (TPSA) is 86.3 Å². The van der Waals surface area contributed by atoms with Crippen LogP contribution < -0.4 is 5.32 Å². The lowest BCUT2D eigenvalue weighted by Gasteiger charge is -2.20. The molecule has 0 unspecified atom stereocenters. The van der Waals surface area contributed by atoms with Gasteiger partial charge in [-0.1, -0.05) is 0 Å². The Kier molecular flexibility index (Phi) is 4.85. The molecule has 9 heteroatoms. The number of hydrogen-bond acceptors (Lipinski definition) is 4. The highest BCUT2D eigenvalue weighted by Crippen LogP contribution is 2.19. The standard InChI is InChI=1S/C10H10F2INO4S/c1-6-4-7(2-3-8(6)13)9(15)14-5-10(11,12)19(16,17)18/h2-4H,5H2,1H3,(H,14,15)(H,16,17,18)/p-1. The molecule has 106 valence electrons. The number of rotatable bonds is 4. The van der Waals surface area contributed by atoms with Crippen LogP contribution in [0.4, 0.5) is 8.78 Å². The summed E-state index contributed by atoms with van der Waals surface area (Å²) < 4.78 is 57.3. The Morgan fingerprint density at radius 2 is 2.05 bits per heavy atom. The predicted octanol–water partition coefficient (Wildman–Crippen LogP) is 1.47. The number of amides is 1. The van der Waals surface area contributed by atoms with Gasteiger partial charge in [-0.25, -0.2) is 8.42 Å². The molecule has 19 heavy (non-hydrogen) atoms. The number of nitrogens with one attached hydrogen (secondary N) is 1. The van der Waals surface area contributed by atoms with Crippen molar-refractivity contribution in [3.8, 4) is 0 Å². The second-order valence-corrected chi connectivity index (χ2v) is 6.41. The average Bonchev–Trinajstić information content (AvgIpc) is 2.28. The number of benzene rings is 1. The molecule has 0 aromatic heterocycles. The van der Waals surface area contributed by atoms with Crippen LogP contribution in [0.5, 0.6) is 0 Å². The van der Waals surface area contributed by atoms with Gasteiger partial charge in [-0.3, -0.25) is 4.79 Å². The fraction of sp³-hybridized carbons (Fsp3) is 0.300. The second kappa shape index (κ2) is 5.67. The molecule has 0 bridgehead atoms. The maximum atomic E-state index is 12.8. The largest absolute Gasteiger partial charge is 0.743 e. The molecule has 1 aromatic rings. The van der Waals surface area contributed by atoms with E-state index in [4.69, 9.17) is 0 Å². The van der Waals surface area contributed by atoms with Crippen molar-refractivity contribution in [1.29, 1.82) is 0 Å². The second-order valence-electron chi connectivity index (χ2n) is 3.74. The van der Waals surface area contributed by atoms with Crippen LogP contribution in [0, 0.1) is 10.5 Å². The van der Waals surface area contributed by atoms with Gasteiger partial charge in [0, 0.05) is 9.13 Å². The van der Waals surface area contributed by atoms with Crippen LogP contribution in [0.1, 0.15) is 15.9 Å². The molecule has 0 saturated carbocycles. The molecule has 1 amide bonds. The summed E-state index contributed by atoms with van der Waals surface area (Å²) in [4.78, 5) is 11.5. The first-order valence-electron chi connectivity index (χ1n) is 4.92. The first-order chi connectivity index (χ1) is 8.54. The van der Waals surface area contributed by atoms with Crippen LogP contribution in [-0.2, 0) is 10.1 Å². The molecule has 0 spiro atoms. The van der Waals surface area contributed by atoms with Gasteiger partial charge in [0.1, 0.15) is 0 Å². The Hall–Kier alpha value is -0.810. The van der Waals surface area contributed by atoms with E-state index in [0.29, 0.717) is 0 Å². The van der Waals surface area contributed by atoms with Gasteiger partial charge in [-0.2, -0.15) is 8.78 Å². The van der Waals surface area contributed by atoms with Crippen molar-refractivity contribution in [2.24, 2.45) is 0 Å². The number of hydrogen-bond donors (Lipinski definition) is 1. The molecule has 0 radical (unpaired) electrons. The van der Waals surface area contributed by atoms with E-state index < -0.39 is 27.8 Å². The summed E-state index contributed by atoms with van der Waals surface area (Å²) in [7, 11) is -5.79. The maximum absolute atomic E-state index is 12.8. The summed E-state index contributed by atoms with van der Waals surface area (Å²) in [5.74, 6) is -0.872. The van der Waals surface area contributed by atoms with E-state index in [9.17, 15) is 26.5 Å². The Balaban J connectivity index is 2.79. The zero-order valence-electron chi connectivity index (χ0n) is 9.61. The van der Waals surface area contributed by atoms with E-state index >= 15 is 0 Å². The minimum atomic E-state index is -5.79. The van der Waals surface area contributed by atoms with E-state index in [1.807, 2.05) is 22.6 Å². The third-order valence-corrected chi connectivity index (χ3v) is 4.33. The molecular formula is C10H9F2INO4S-. The van der Waals surface area contributed by atoms with Crippen LogP contribution in [0.3, 0.4) is 0 Å². The molecule has 0 heterocycles. The van der Waals surface area contributed by atoms with Crippen molar-refractivity contribution in [1.82, 2.24) is 5.32 Å². The first kappa shape index (κ1) is 16.2. The molecule has 0 aliphatic rings. The van der Waals surface area contributed by atoms with Gasteiger partial charge < -0.3 is 9.87 Å². The summed E-state index contributed by atoms with van der Waals surface area (Å²) in [6, 6.07) is 4.50. The normalized spacial score (nSPS) is 12.3. The van der Waals surface area contributed by atoms with Gasteiger partial charge in [-0.15, -0.1) is 0 Å². The molecule has 0 fully saturated rings. The molecule has 0 atom stereocenters. The third kappa shape index (κ3) is 4.08.